The lowest BCUT2D eigenvalue weighted by Gasteiger charge is -1.83. The van der Waals surface area contributed by atoms with E-state index in [0.29, 0.717) is 0 Å². The first-order valence-electron chi connectivity index (χ1n) is 3.09. The summed E-state index contributed by atoms with van der Waals surface area (Å²) >= 11 is 0. The summed E-state index contributed by atoms with van der Waals surface area (Å²) in [6.45, 7) is 7.92. The van der Waals surface area contributed by atoms with Crippen LogP contribution in [0.2, 0.25) is 0 Å². The molecule has 0 saturated carbocycles. The summed E-state index contributed by atoms with van der Waals surface area (Å²) in [4.78, 5) is 0. The molecule has 0 aliphatic carbocycles. The van der Waals surface area contributed by atoms with Crippen molar-refractivity contribution in [3.05, 3.63) is 24.3 Å². The van der Waals surface area contributed by atoms with Gasteiger partial charge in [-0.05, 0) is 13.3 Å². The van der Waals surface area contributed by atoms with E-state index >= 15 is 0 Å². The molecule has 0 amide bonds. The van der Waals surface area contributed by atoms with E-state index in [1.54, 1.807) is 0 Å². The van der Waals surface area contributed by atoms with Crippen LogP contribution in [0, 0.1) is 0 Å². The minimum atomic E-state index is 1.14. The Morgan fingerprint density at radius 1 is 1.62 bits per heavy atom. The van der Waals surface area contributed by atoms with Gasteiger partial charge in [0.2, 0.25) is 0 Å². The maximum Gasteiger partial charge on any atom is -0.0350 e. The van der Waals surface area contributed by atoms with Crippen LogP contribution in [0.15, 0.2) is 24.3 Å². The molecule has 0 unspecified atom stereocenters. The van der Waals surface area contributed by atoms with Gasteiger partial charge in [0.05, 0.1) is 0 Å². The summed E-state index contributed by atoms with van der Waals surface area (Å²) in [5.74, 6) is 0. The van der Waals surface area contributed by atoms with Crippen molar-refractivity contribution in [2.75, 3.05) is 0 Å². The highest BCUT2D eigenvalue weighted by molar-refractivity contribution is 5.10. The summed E-state index contributed by atoms with van der Waals surface area (Å²) in [6, 6.07) is 0. The standard InChI is InChI=1S/C8H14/c1-4-5-6-7-8(2)3/h6-7H,2,4-5H2,1,3H3. The summed E-state index contributed by atoms with van der Waals surface area (Å²) in [7, 11) is 0. The molecule has 0 heterocycles. The smallest absolute Gasteiger partial charge is 0.0350 e. The van der Waals surface area contributed by atoms with Gasteiger partial charge in [-0.1, -0.05) is 37.6 Å². The van der Waals surface area contributed by atoms with Gasteiger partial charge in [-0.3, -0.25) is 0 Å². The van der Waals surface area contributed by atoms with Crippen LogP contribution < -0.4 is 0 Å². The molecule has 0 spiro atoms. The first kappa shape index (κ1) is 7.48. The second kappa shape index (κ2) is 4.63. The molecule has 0 aliphatic rings. The normalized spacial score (nSPS) is 10.2. The third-order valence-corrected chi connectivity index (χ3v) is 0.858. The van der Waals surface area contributed by atoms with Crippen LogP contribution in [0.5, 0.6) is 0 Å². The van der Waals surface area contributed by atoms with Crippen molar-refractivity contribution in [2.24, 2.45) is 0 Å². The van der Waals surface area contributed by atoms with Gasteiger partial charge in [-0.25, -0.2) is 0 Å². The van der Waals surface area contributed by atoms with E-state index in [0.717, 1.165) is 5.57 Å². The molecule has 0 rings (SSSR count). The lowest BCUT2D eigenvalue weighted by molar-refractivity contribution is 0.958. The lowest BCUT2D eigenvalue weighted by atomic mass is 10.2. The van der Waals surface area contributed by atoms with Gasteiger partial charge in [0.15, 0.2) is 0 Å². The van der Waals surface area contributed by atoms with Crippen molar-refractivity contribution >= 4 is 0 Å². The molecule has 46 valence electrons. The van der Waals surface area contributed by atoms with Crippen molar-refractivity contribution in [3.63, 3.8) is 0 Å². The monoisotopic (exact) mass is 110 g/mol. The highest BCUT2D eigenvalue weighted by Gasteiger charge is 1.72. The van der Waals surface area contributed by atoms with Gasteiger partial charge >= 0.3 is 0 Å². The quantitative estimate of drug-likeness (QED) is 0.490. The van der Waals surface area contributed by atoms with Crippen LogP contribution in [0.1, 0.15) is 26.7 Å². The average molecular weight is 110 g/mol. The molecular weight excluding hydrogens is 96.1 g/mol. The summed E-state index contributed by atoms with van der Waals surface area (Å²) in [5, 5.41) is 0. The molecule has 0 aromatic rings. The fraction of sp³-hybridized carbons (Fsp3) is 0.500. The largest absolute Gasteiger partial charge is 0.0961 e. The van der Waals surface area contributed by atoms with Crippen LogP contribution in [0.4, 0.5) is 0 Å². The third-order valence-electron chi connectivity index (χ3n) is 0.858. The highest BCUT2D eigenvalue weighted by atomic mass is 13.8. The Bertz CT molecular complexity index is 88.2. The number of hydrogen-bond acceptors (Lipinski definition) is 0. The first-order chi connectivity index (χ1) is 3.77. The first-order valence-corrected chi connectivity index (χ1v) is 3.09. The van der Waals surface area contributed by atoms with E-state index in [4.69, 9.17) is 0 Å². The molecule has 0 aromatic heterocycles. The van der Waals surface area contributed by atoms with E-state index in [-0.39, 0.29) is 0 Å². The minimum Gasteiger partial charge on any atom is -0.0961 e. The van der Waals surface area contributed by atoms with E-state index in [9.17, 15) is 0 Å². The van der Waals surface area contributed by atoms with Gasteiger partial charge < -0.3 is 0 Å². The van der Waals surface area contributed by atoms with Crippen molar-refractivity contribution in [2.45, 2.75) is 26.7 Å². The Hall–Kier alpha value is -0.520. The zero-order valence-electron chi connectivity index (χ0n) is 5.78. The third kappa shape index (κ3) is 5.48. The van der Waals surface area contributed by atoms with Crippen LogP contribution in [-0.4, -0.2) is 0 Å². The Balaban J connectivity index is 3.20. The SMILES string of the molecule is C=C(C)C=CCCC. The van der Waals surface area contributed by atoms with Gasteiger partial charge in [0.25, 0.3) is 0 Å². The molecular formula is C8H14. The maximum atomic E-state index is 3.74. The predicted octanol–water partition coefficient (Wildman–Crippen LogP) is 2.92. The average Bonchev–Trinajstić information content (AvgIpc) is 1.66. The topological polar surface area (TPSA) is 0 Å². The number of unbranched alkanes of at least 4 members (excludes halogenated alkanes) is 1. The molecule has 0 fully saturated rings. The number of hydrogen-bond donors (Lipinski definition) is 0. The Morgan fingerprint density at radius 2 is 2.25 bits per heavy atom. The molecule has 0 saturated heterocycles. The van der Waals surface area contributed by atoms with Gasteiger partial charge in [-0.15, -0.1) is 0 Å². The van der Waals surface area contributed by atoms with E-state index < -0.39 is 0 Å². The Kier molecular flexibility index (Phi) is 4.33. The van der Waals surface area contributed by atoms with Crippen molar-refractivity contribution < 1.29 is 0 Å². The highest BCUT2D eigenvalue weighted by Crippen LogP contribution is 1.93. The van der Waals surface area contributed by atoms with Crippen LogP contribution in [0.3, 0.4) is 0 Å². The lowest BCUT2D eigenvalue weighted by Crippen LogP contribution is -1.62. The second-order valence-electron chi connectivity index (χ2n) is 2.04. The van der Waals surface area contributed by atoms with E-state index in [1.165, 1.54) is 12.8 Å². The molecule has 0 aliphatic heterocycles. The van der Waals surface area contributed by atoms with E-state index in [2.05, 4.69) is 25.7 Å². The van der Waals surface area contributed by atoms with Crippen LogP contribution in [-0.2, 0) is 0 Å². The Morgan fingerprint density at radius 3 is 2.62 bits per heavy atom. The van der Waals surface area contributed by atoms with Crippen LogP contribution in [0.25, 0.3) is 0 Å². The fourth-order valence-corrected chi connectivity index (χ4v) is 0.451. The van der Waals surface area contributed by atoms with Crippen molar-refractivity contribution in [1.29, 1.82) is 0 Å². The summed E-state index contributed by atoms with van der Waals surface area (Å²) in [5.41, 5.74) is 1.14. The molecule has 0 atom stereocenters. The molecule has 0 aromatic carbocycles. The van der Waals surface area contributed by atoms with Crippen molar-refractivity contribution in [1.82, 2.24) is 0 Å². The molecule has 8 heavy (non-hydrogen) atoms. The van der Waals surface area contributed by atoms with E-state index in [1.807, 2.05) is 6.92 Å². The minimum absolute atomic E-state index is 1.14. The van der Waals surface area contributed by atoms with Gasteiger partial charge in [0.1, 0.15) is 0 Å². The molecule has 0 nitrogen and oxygen atoms in total. The molecule has 0 radical (unpaired) electrons. The summed E-state index contributed by atoms with van der Waals surface area (Å²) < 4.78 is 0. The molecule has 0 heteroatoms. The van der Waals surface area contributed by atoms with Crippen LogP contribution >= 0.6 is 0 Å². The number of allylic oxidation sites excluding steroid dienone is 3. The second-order valence-corrected chi connectivity index (χ2v) is 2.04. The van der Waals surface area contributed by atoms with Crippen molar-refractivity contribution in [3.8, 4) is 0 Å². The van der Waals surface area contributed by atoms with Gasteiger partial charge in [0, 0.05) is 0 Å². The predicted molar refractivity (Wildman–Crippen MR) is 38.9 cm³/mol. The maximum absolute atomic E-state index is 3.74. The molecule has 0 N–H and O–H groups in total. The molecule has 0 bridgehead atoms. The van der Waals surface area contributed by atoms with Gasteiger partial charge in [-0.2, -0.15) is 0 Å². The fourth-order valence-electron chi connectivity index (χ4n) is 0.451. The Labute approximate surface area is 51.9 Å². The number of rotatable bonds is 3. The zero-order valence-corrected chi connectivity index (χ0v) is 5.78. The zero-order chi connectivity index (χ0) is 6.41. The summed E-state index contributed by atoms with van der Waals surface area (Å²) in [6.07, 6.45) is 6.61.